The van der Waals surface area contributed by atoms with Crippen molar-refractivity contribution < 1.29 is 0 Å². The van der Waals surface area contributed by atoms with E-state index in [9.17, 15) is 0 Å². The van der Waals surface area contributed by atoms with Crippen LogP contribution in [0, 0.1) is 6.92 Å². The van der Waals surface area contributed by atoms with Gasteiger partial charge in [0.05, 0.1) is 10.7 Å². The molecule has 0 aromatic heterocycles. The van der Waals surface area contributed by atoms with Crippen molar-refractivity contribution in [1.29, 1.82) is 0 Å². The first-order valence-corrected chi connectivity index (χ1v) is 7.18. The maximum Gasteiger partial charge on any atom is 0.104 e. The molecule has 0 aliphatic carbocycles. The van der Waals surface area contributed by atoms with Crippen LogP contribution in [0.2, 0.25) is 5.02 Å². The van der Waals surface area contributed by atoms with Gasteiger partial charge in [0, 0.05) is 15.7 Å². The van der Waals surface area contributed by atoms with E-state index in [1.54, 1.807) is 0 Å². The Hall–Kier alpha value is -1.10. The van der Waals surface area contributed by atoms with Crippen molar-refractivity contribution in [3.63, 3.8) is 0 Å². The Morgan fingerprint density at radius 2 is 2.00 bits per heavy atom. The summed E-state index contributed by atoms with van der Waals surface area (Å²) in [5.41, 5.74) is 9.37. The van der Waals surface area contributed by atoms with Gasteiger partial charge in [0.15, 0.2) is 0 Å². The van der Waals surface area contributed by atoms with Gasteiger partial charge >= 0.3 is 0 Å². The van der Waals surface area contributed by atoms with Gasteiger partial charge in [-0.15, -0.1) is 0 Å². The van der Waals surface area contributed by atoms with E-state index in [1.165, 1.54) is 0 Å². The summed E-state index contributed by atoms with van der Waals surface area (Å²) >= 11 is 14.5. The molecule has 0 bridgehead atoms. The van der Waals surface area contributed by atoms with Crippen LogP contribution in [-0.4, -0.2) is 4.99 Å². The van der Waals surface area contributed by atoms with Crippen molar-refractivity contribution >= 4 is 56.1 Å². The van der Waals surface area contributed by atoms with Crippen LogP contribution in [-0.2, 0) is 0 Å². The molecule has 0 amide bonds. The van der Waals surface area contributed by atoms with Crippen molar-refractivity contribution in [2.24, 2.45) is 5.73 Å². The van der Waals surface area contributed by atoms with E-state index < -0.39 is 0 Å². The van der Waals surface area contributed by atoms with Gasteiger partial charge in [-0.25, -0.2) is 0 Å². The maximum atomic E-state index is 6.17. The fourth-order valence-electron chi connectivity index (χ4n) is 1.76. The second-order valence-corrected chi connectivity index (χ2v) is 5.91. The topological polar surface area (TPSA) is 38.0 Å². The Kier molecular flexibility index (Phi) is 4.45. The Labute approximate surface area is 131 Å². The minimum atomic E-state index is 0.408. The first-order valence-electron chi connectivity index (χ1n) is 5.60. The van der Waals surface area contributed by atoms with Crippen LogP contribution in [0.15, 0.2) is 40.9 Å². The lowest BCUT2D eigenvalue weighted by Crippen LogP contribution is -2.11. The quantitative estimate of drug-likeness (QED) is 0.778. The average molecular weight is 356 g/mol. The molecule has 2 aromatic rings. The summed E-state index contributed by atoms with van der Waals surface area (Å²) in [6.45, 7) is 1.98. The van der Waals surface area contributed by atoms with Gasteiger partial charge in [0.2, 0.25) is 0 Å². The van der Waals surface area contributed by atoms with Gasteiger partial charge in [-0.3, -0.25) is 0 Å². The molecule has 0 saturated heterocycles. The van der Waals surface area contributed by atoms with Gasteiger partial charge in [-0.05, 0) is 48.9 Å². The minimum absolute atomic E-state index is 0.408. The molecule has 19 heavy (non-hydrogen) atoms. The Bertz CT molecular complexity index is 643. The van der Waals surface area contributed by atoms with Crippen LogP contribution in [0.3, 0.4) is 0 Å². The molecule has 2 rings (SSSR count). The van der Waals surface area contributed by atoms with Crippen LogP contribution in [0.1, 0.15) is 11.1 Å². The highest BCUT2D eigenvalue weighted by Gasteiger charge is 2.05. The third-order valence-electron chi connectivity index (χ3n) is 2.70. The van der Waals surface area contributed by atoms with Gasteiger partial charge in [0.1, 0.15) is 4.99 Å². The molecule has 0 radical (unpaired) electrons. The third-order valence-corrected chi connectivity index (χ3v) is 3.73. The van der Waals surface area contributed by atoms with Crippen LogP contribution in [0.5, 0.6) is 0 Å². The van der Waals surface area contributed by atoms with E-state index in [4.69, 9.17) is 29.6 Å². The molecular formula is C14H12BrClN2S. The molecule has 5 heteroatoms. The predicted molar refractivity (Wildman–Crippen MR) is 89.5 cm³/mol. The van der Waals surface area contributed by atoms with Crippen molar-refractivity contribution in [2.75, 3.05) is 5.32 Å². The predicted octanol–water partition coefficient (Wildman–Crippen LogP) is 4.79. The van der Waals surface area contributed by atoms with Crippen LogP contribution >= 0.6 is 39.7 Å². The molecule has 3 N–H and O–H groups in total. The van der Waals surface area contributed by atoms with Crippen molar-refractivity contribution in [2.45, 2.75) is 6.92 Å². The smallest absolute Gasteiger partial charge is 0.104 e. The van der Waals surface area contributed by atoms with E-state index >= 15 is 0 Å². The molecule has 0 atom stereocenters. The van der Waals surface area contributed by atoms with Crippen molar-refractivity contribution in [1.82, 2.24) is 0 Å². The number of aryl methyl sites for hydroxylation is 1. The Morgan fingerprint density at radius 3 is 2.58 bits per heavy atom. The Balaban J connectivity index is 2.29. The number of hydrogen-bond acceptors (Lipinski definition) is 2. The number of nitrogens with two attached hydrogens (primary N) is 1. The lowest BCUT2D eigenvalue weighted by Gasteiger charge is -2.11. The SMILES string of the molecule is Cc1cc(Nc2ccc(Br)cc2Cl)ccc1C(N)=S. The second kappa shape index (κ2) is 5.90. The summed E-state index contributed by atoms with van der Waals surface area (Å²) in [6.07, 6.45) is 0. The molecule has 0 aliphatic heterocycles. The summed E-state index contributed by atoms with van der Waals surface area (Å²) in [5.74, 6) is 0. The van der Waals surface area contributed by atoms with Crippen LogP contribution in [0.4, 0.5) is 11.4 Å². The summed E-state index contributed by atoms with van der Waals surface area (Å²) in [5, 5.41) is 3.93. The number of anilines is 2. The van der Waals surface area contributed by atoms with Gasteiger partial charge in [-0.1, -0.05) is 39.7 Å². The summed E-state index contributed by atoms with van der Waals surface area (Å²) < 4.78 is 0.947. The number of halogens is 2. The molecule has 2 aromatic carbocycles. The number of benzene rings is 2. The monoisotopic (exact) mass is 354 g/mol. The zero-order chi connectivity index (χ0) is 14.0. The molecule has 0 unspecified atom stereocenters. The van der Waals surface area contributed by atoms with E-state index in [1.807, 2.05) is 43.3 Å². The highest BCUT2D eigenvalue weighted by Crippen LogP contribution is 2.29. The molecular weight excluding hydrogens is 344 g/mol. The first kappa shape index (κ1) is 14.3. The minimum Gasteiger partial charge on any atom is -0.389 e. The van der Waals surface area contributed by atoms with Gasteiger partial charge < -0.3 is 11.1 Å². The molecule has 0 spiro atoms. The highest BCUT2D eigenvalue weighted by molar-refractivity contribution is 9.10. The second-order valence-electron chi connectivity index (χ2n) is 4.14. The van der Waals surface area contributed by atoms with Crippen LogP contribution < -0.4 is 11.1 Å². The van der Waals surface area contributed by atoms with E-state index in [0.717, 1.165) is 27.0 Å². The number of thiocarbonyl (C=S) groups is 1. The largest absolute Gasteiger partial charge is 0.389 e. The number of rotatable bonds is 3. The molecule has 98 valence electrons. The molecule has 0 saturated carbocycles. The fraction of sp³-hybridized carbons (Fsp3) is 0.0714. The average Bonchev–Trinajstić information content (AvgIpc) is 2.32. The van der Waals surface area contributed by atoms with Crippen molar-refractivity contribution in [3.8, 4) is 0 Å². The normalized spacial score (nSPS) is 10.3. The molecule has 0 aliphatic rings. The van der Waals surface area contributed by atoms with E-state index in [0.29, 0.717) is 10.0 Å². The fourth-order valence-corrected chi connectivity index (χ4v) is 2.71. The van der Waals surface area contributed by atoms with E-state index in [2.05, 4.69) is 21.2 Å². The Morgan fingerprint density at radius 1 is 1.26 bits per heavy atom. The molecule has 0 heterocycles. The lowest BCUT2D eigenvalue weighted by atomic mass is 10.1. The number of nitrogens with one attached hydrogen (secondary N) is 1. The number of hydrogen-bond donors (Lipinski definition) is 2. The standard InChI is InChI=1S/C14H12BrClN2S/c1-8-6-10(3-4-11(8)14(17)19)18-13-5-2-9(15)7-12(13)16/h2-7,18H,1H3,(H2,17,19). The van der Waals surface area contributed by atoms with Crippen LogP contribution in [0.25, 0.3) is 0 Å². The van der Waals surface area contributed by atoms with Gasteiger partial charge in [0.25, 0.3) is 0 Å². The van der Waals surface area contributed by atoms with Crippen molar-refractivity contribution in [3.05, 3.63) is 57.0 Å². The summed E-state index contributed by atoms with van der Waals surface area (Å²) in [7, 11) is 0. The molecule has 0 fully saturated rings. The maximum absolute atomic E-state index is 6.17. The first-order chi connectivity index (χ1) is 8.97. The van der Waals surface area contributed by atoms with E-state index in [-0.39, 0.29) is 0 Å². The molecule has 2 nitrogen and oxygen atoms in total. The van der Waals surface area contributed by atoms with Gasteiger partial charge in [-0.2, -0.15) is 0 Å². The lowest BCUT2D eigenvalue weighted by molar-refractivity contribution is 1.42. The summed E-state index contributed by atoms with van der Waals surface area (Å²) in [6, 6.07) is 11.5. The summed E-state index contributed by atoms with van der Waals surface area (Å²) in [4.78, 5) is 0.408. The zero-order valence-electron chi connectivity index (χ0n) is 10.2. The highest BCUT2D eigenvalue weighted by atomic mass is 79.9. The zero-order valence-corrected chi connectivity index (χ0v) is 13.4. The third kappa shape index (κ3) is 3.47.